The van der Waals surface area contributed by atoms with E-state index in [0.29, 0.717) is 22.4 Å². The Hall–Kier alpha value is -0.480. The van der Waals surface area contributed by atoms with E-state index in [1.54, 1.807) is 12.1 Å². The Labute approximate surface area is 141 Å². The van der Waals surface area contributed by atoms with Crippen LogP contribution in [0.2, 0.25) is 10.0 Å². The van der Waals surface area contributed by atoms with Crippen molar-refractivity contribution in [2.45, 2.75) is 12.8 Å². The average Bonchev–Trinajstić information content (AvgIpc) is 2.90. The van der Waals surface area contributed by atoms with Crippen LogP contribution in [-0.2, 0) is 11.2 Å². The fourth-order valence-electron chi connectivity index (χ4n) is 3.20. The van der Waals surface area contributed by atoms with E-state index in [1.807, 2.05) is 11.0 Å². The highest BCUT2D eigenvalue weighted by molar-refractivity contribution is 6.42. The first-order valence-corrected chi connectivity index (χ1v) is 7.81. The molecule has 2 fully saturated rings. The number of nitrogens with one attached hydrogen (secondary N) is 1. The van der Waals surface area contributed by atoms with E-state index in [4.69, 9.17) is 23.2 Å². The lowest BCUT2D eigenvalue weighted by Crippen LogP contribution is -2.44. The number of benzene rings is 1. The number of carbonyl (C=O) groups is 1. The highest BCUT2D eigenvalue weighted by Gasteiger charge is 2.34. The predicted molar refractivity (Wildman–Crippen MR) is 88.5 cm³/mol. The van der Waals surface area contributed by atoms with Gasteiger partial charge in [0.15, 0.2) is 0 Å². The normalized spacial score (nSPS) is 24.4. The molecule has 1 amide bonds. The zero-order chi connectivity index (χ0) is 14.1. The predicted octanol–water partition coefficient (Wildman–Crippen LogP) is 3.03. The first kappa shape index (κ1) is 16.9. The molecule has 2 aliphatic heterocycles. The number of carbonyl (C=O) groups excluding carboxylic acids is 1. The van der Waals surface area contributed by atoms with E-state index >= 15 is 0 Å². The van der Waals surface area contributed by atoms with Crippen LogP contribution in [0.5, 0.6) is 0 Å². The topological polar surface area (TPSA) is 32.3 Å². The quantitative estimate of drug-likeness (QED) is 0.890. The molecule has 21 heavy (non-hydrogen) atoms. The van der Waals surface area contributed by atoms with Gasteiger partial charge in [-0.15, -0.1) is 12.4 Å². The summed E-state index contributed by atoms with van der Waals surface area (Å²) < 4.78 is 0. The Balaban J connectivity index is 0.00000161. The lowest BCUT2D eigenvalue weighted by molar-refractivity contribution is -0.132. The summed E-state index contributed by atoms with van der Waals surface area (Å²) in [5.41, 5.74) is 0.927. The molecular weight excluding hydrogens is 331 g/mol. The van der Waals surface area contributed by atoms with Crippen molar-refractivity contribution in [3.63, 3.8) is 0 Å². The summed E-state index contributed by atoms with van der Waals surface area (Å²) in [4.78, 5) is 14.4. The Morgan fingerprint density at radius 1 is 1.24 bits per heavy atom. The van der Waals surface area contributed by atoms with Crippen molar-refractivity contribution < 1.29 is 4.79 Å². The zero-order valence-electron chi connectivity index (χ0n) is 11.6. The van der Waals surface area contributed by atoms with Gasteiger partial charge in [0.25, 0.3) is 0 Å². The molecule has 6 heteroatoms. The summed E-state index contributed by atoms with van der Waals surface area (Å²) in [5.74, 6) is 1.57. The molecule has 2 atom stereocenters. The van der Waals surface area contributed by atoms with Gasteiger partial charge < -0.3 is 10.2 Å². The van der Waals surface area contributed by atoms with E-state index in [9.17, 15) is 4.79 Å². The lowest BCUT2D eigenvalue weighted by Gasteiger charge is -2.34. The van der Waals surface area contributed by atoms with Crippen molar-refractivity contribution in [3.05, 3.63) is 33.8 Å². The summed E-state index contributed by atoms with van der Waals surface area (Å²) >= 11 is 11.9. The number of hydrogen-bond donors (Lipinski definition) is 1. The molecule has 0 radical (unpaired) electrons. The molecule has 1 aromatic carbocycles. The van der Waals surface area contributed by atoms with Gasteiger partial charge in [0.1, 0.15) is 0 Å². The molecule has 2 unspecified atom stereocenters. The van der Waals surface area contributed by atoms with Crippen molar-refractivity contribution in [2.24, 2.45) is 11.8 Å². The molecule has 0 saturated carbocycles. The molecule has 3 nitrogen and oxygen atoms in total. The molecule has 0 aliphatic carbocycles. The number of hydrogen-bond acceptors (Lipinski definition) is 2. The van der Waals surface area contributed by atoms with Gasteiger partial charge in [0.2, 0.25) is 5.91 Å². The molecule has 2 aliphatic rings. The first-order valence-electron chi connectivity index (χ1n) is 7.06. The van der Waals surface area contributed by atoms with E-state index < -0.39 is 0 Å². The largest absolute Gasteiger partial charge is 0.342 e. The second-order valence-corrected chi connectivity index (χ2v) is 6.55. The van der Waals surface area contributed by atoms with Crippen LogP contribution < -0.4 is 5.32 Å². The smallest absolute Gasteiger partial charge is 0.227 e. The number of fused-ring (bicyclic) bond motifs is 1. The SMILES string of the molecule is Cl.O=C(Cc1ccc(Cl)c(Cl)c1)N1CCC2CNCC2C1. The molecule has 2 saturated heterocycles. The van der Waals surface area contributed by atoms with E-state index in [2.05, 4.69) is 5.32 Å². The van der Waals surface area contributed by atoms with Crippen LogP contribution in [-0.4, -0.2) is 37.0 Å². The Kier molecular flexibility index (Phi) is 5.78. The summed E-state index contributed by atoms with van der Waals surface area (Å²) in [7, 11) is 0. The third-order valence-corrected chi connectivity index (χ3v) is 5.14. The molecule has 1 N–H and O–H groups in total. The number of piperidine rings is 1. The monoisotopic (exact) mass is 348 g/mol. The second-order valence-electron chi connectivity index (χ2n) is 5.73. The molecule has 0 spiro atoms. The van der Waals surface area contributed by atoms with Crippen LogP contribution in [0.15, 0.2) is 18.2 Å². The van der Waals surface area contributed by atoms with Crippen LogP contribution in [0, 0.1) is 11.8 Å². The molecule has 0 aromatic heterocycles. The van der Waals surface area contributed by atoms with Crippen LogP contribution in [0.1, 0.15) is 12.0 Å². The maximum absolute atomic E-state index is 12.4. The third-order valence-electron chi connectivity index (χ3n) is 4.40. The molecule has 1 aromatic rings. The minimum atomic E-state index is 0. The maximum atomic E-state index is 12.4. The zero-order valence-corrected chi connectivity index (χ0v) is 14.0. The van der Waals surface area contributed by atoms with E-state index in [1.165, 1.54) is 0 Å². The highest BCUT2D eigenvalue weighted by atomic mass is 35.5. The summed E-state index contributed by atoms with van der Waals surface area (Å²) in [5, 5.41) is 4.46. The Morgan fingerprint density at radius 2 is 2.00 bits per heavy atom. The second kappa shape index (κ2) is 7.19. The Bertz CT molecular complexity index is 524. The van der Waals surface area contributed by atoms with E-state index in [-0.39, 0.29) is 18.3 Å². The molecule has 2 heterocycles. The number of halogens is 3. The maximum Gasteiger partial charge on any atom is 0.227 e. The number of amides is 1. The highest BCUT2D eigenvalue weighted by Crippen LogP contribution is 2.27. The third kappa shape index (κ3) is 3.84. The van der Waals surface area contributed by atoms with Gasteiger partial charge in [0.05, 0.1) is 16.5 Å². The molecule has 116 valence electrons. The van der Waals surface area contributed by atoms with Crippen LogP contribution in [0.3, 0.4) is 0 Å². The van der Waals surface area contributed by atoms with E-state index in [0.717, 1.165) is 44.1 Å². The summed E-state index contributed by atoms with van der Waals surface area (Å²) in [6.45, 7) is 3.92. The minimum Gasteiger partial charge on any atom is -0.342 e. The minimum absolute atomic E-state index is 0. The molecular formula is C15H19Cl3N2O. The van der Waals surface area contributed by atoms with Crippen molar-refractivity contribution >= 4 is 41.5 Å². The first-order chi connectivity index (χ1) is 9.63. The van der Waals surface area contributed by atoms with Crippen molar-refractivity contribution in [2.75, 3.05) is 26.2 Å². The van der Waals surface area contributed by atoms with Crippen molar-refractivity contribution in [1.82, 2.24) is 10.2 Å². The van der Waals surface area contributed by atoms with Gasteiger partial charge in [0, 0.05) is 13.1 Å². The van der Waals surface area contributed by atoms with Gasteiger partial charge in [-0.3, -0.25) is 4.79 Å². The van der Waals surface area contributed by atoms with Crippen LogP contribution in [0.25, 0.3) is 0 Å². The fraction of sp³-hybridized carbons (Fsp3) is 0.533. The average molecular weight is 350 g/mol. The van der Waals surface area contributed by atoms with Gasteiger partial charge in [-0.2, -0.15) is 0 Å². The lowest BCUT2D eigenvalue weighted by atomic mass is 9.88. The summed E-state index contributed by atoms with van der Waals surface area (Å²) in [6, 6.07) is 5.40. The number of likely N-dealkylation sites (tertiary alicyclic amines) is 1. The van der Waals surface area contributed by atoms with Gasteiger partial charge >= 0.3 is 0 Å². The fourth-order valence-corrected chi connectivity index (χ4v) is 3.52. The van der Waals surface area contributed by atoms with Gasteiger partial charge in [-0.25, -0.2) is 0 Å². The van der Waals surface area contributed by atoms with Crippen molar-refractivity contribution in [3.8, 4) is 0 Å². The number of rotatable bonds is 2. The molecule has 0 bridgehead atoms. The van der Waals surface area contributed by atoms with Crippen LogP contribution >= 0.6 is 35.6 Å². The number of nitrogens with zero attached hydrogens (tertiary/aromatic N) is 1. The molecule has 3 rings (SSSR count). The van der Waals surface area contributed by atoms with Crippen molar-refractivity contribution in [1.29, 1.82) is 0 Å². The summed E-state index contributed by atoms with van der Waals surface area (Å²) in [6.07, 6.45) is 1.52. The standard InChI is InChI=1S/C15H18Cl2N2O.ClH/c16-13-2-1-10(5-14(13)17)6-15(20)19-4-3-11-7-18-8-12(11)9-19;/h1-2,5,11-12,18H,3-4,6-9H2;1H. The van der Waals surface area contributed by atoms with Gasteiger partial charge in [-0.1, -0.05) is 29.3 Å². The van der Waals surface area contributed by atoms with Gasteiger partial charge in [-0.05, 0) is 49.0 Å². The van der Waals surface area contributed by atoms with Crippen LogP contribution in [0.4, 0.5) is 0 Å². The Morgan fingerprint density at radius 3 is 2.76 bits per heavy atom.